The van der Waals surface area contributed by atoms with Gasteiger partial charge in [0.05, 0.1) is 0 Å². The van der Waals surface area contributed by atoms with E-state index in [0.29, 0.717) is 6.07 Å². The highest BCUT2D eigenvalue weighted by Crippen LogP contribution is 2.12. The summed E-state index contributed by atoms with van der Waals surface area (Å²) in [6.07, 6.45) is 0. The number of nitrogens with two attached hydrogens (primary N) is 1. The van der Waals surface area contributed by atoms with Crippen LogP contribution in [0, 0.1) is 17.5 Å². The van der Waals surface area contributed by atoms with Gasteiger partial charge in [0.2, 0.25) is 0 Å². The number of halogens is 4. The predicted molar refractivity (Wildman–Crippen MR) is 44.6 cm³/mol. The van der Waals surface area contributed by atoms with Crippen molar-refractivity contribution in [2.24, 2.45) is 5.84 Å². The van der Waals surface area contributed by atoms with Crippen molar-refractivity contribution >= 4 is 12.4 Å². The van der Waals surface area contributed by atoms with Crippen molar-refractivity contribution < 1.29 is 13.2 Å². The summed E-state index contributed by atoms with van der Waals surface area (Å²) >= 11 is 0. The molecule has 0 saturated carbocycles. The average Bonchev–Trinajstić information content (AvgIpc) is 2.01. The molecule has 0 aliphatic carbocycles. The lowest BCUT2D eigenvalue weighted by Crippen LogP contribution is -2.21. The fraction of sp³-hybridized carbons (Fsp3) is 0.143. The fourth-order valence-corrected chi connectivity index (χ4v) is 0.809. The van der Waals surface area contributed by atoms with Crippen molar-refractivity contribution in [3.8, 4) is 0 Å². The van der Waals surface area contributed by atoms with E-state index in [9.17, 15) is 13.2 Å². The molecule has 0 bridgehead atoms. The van der Waals surface area contributed by atoms with E-state index < -0.39 is 17.5 Å². The zero-order valence-corrected chi connectivity index (χ0v) is 7.30. The molecule has 0 spiro atoms. The molecule has 74 valence electrons. The van der Waals surface area contributed by atoms with Gasteiger partial charge in [-0.1, -0.05) is 0 Å². The third-order valence-electron chi connectivity index (χ3n) is 1.38. The Kier molecular flexibility index (Phi) is 4.76. The largest absolute Gasteiger partial charge is 0.271 e. The number of rotatable bonds is 2. The molecular formula is C7H8ClF3N2. The van der Waals surface area contributed by atoms with E-state index in [1.165, 1.54) is 0 Å². The van der Waals surface area contributed by atoms with Gasteiger partial charge in [0.1, 0.15) is 5.82 Å². The highest BCUT2D eigenvalue weighted by molar-refractivity contribution is 5.85. The van der Waals surface area contributed by atoms with Gasteiger partial charge in [0.25, 0.3) is 0 Å². The normalized spacial score (nSPS) is 9.54. The molecule has 0 aliphatic heterocycles. The molecule has 0 aromatic heterocycles. The average molecular weight is 213 g/mol. The van der Waals surface area contributed by atoms with Crippen molar-refractivity contribution in [1.82, 2.24) is 5.43 Å². The minimum absolute atomic E-state index is 0. The van der Waals surface area contributed by atoms with E-state index in [-0.39, 0.29) is 24.5 Å². The molecule has 6 heteroatoms. The molecule has 0 atom stereocenters. The molecule has 0 radical (unpaired) electrons. The smallest absolute Gasteiger partial charge is 0.161 e. The van der Waals surface area contributed by atoms with Crippen molar-refractivity contribution in [2.45, 2.75) is 6.54 Å². The summed E-state index contributed by atoms with van der Waals surface area (Å²) in [7, 11) is 0. The van der Waals surface area contributed by atoms with E-state index in [0.717, 1.165) is 6.07 Å². The second kappa shape index (κ2) is 5.06. The summed E-state index contributed by atoms with van der Waals surface area (Å²) in [6, 6.07) is 1.26. The molecule has 0 saturated heterocycles. The first kappa shape index (κ1) is 12.2. The van der Waals surface area contributed by atoms with E-state index in [1.807, 2.05) is 0 Å². The van der Waals surface area contributed by atoms with Crippen LogP contribution in [0.1, 0.15) is 5.56 Å². The molecule has 13 heavy (non-hydrogen) atoms. The maximum atomic E-state index is 12.7. The summed E-state index contributed by atoms with van der Waals surface area (Å²) in [5.41, 5.74) is 2.14. The molecule has 3 N–H and O–H groups in total. The standard InChI is InChI=1S/C7H7F3N2.ClH/c8-5-2-7(10)6(9)1-4(5)3-12-11;/h1-2,12H,3,11H2;1H. The summed E-state index contributed by atoms with van der Waals surface area (Å²) in [5, 5.41) is 0. The Bertz CT molecular complexity index is 293. The zero-order valence-electron chi connectivity index (χ0n) is 6.48. The van der Waals surface area contributed by atoms with Crippen LogP contribution in [0.5, 0.6) is 0 Å². The van der Waals surface area contributed by atoms with Crippen LogP contribution >= 0.6 is 12.4 Å². The Morgan fingerprint density at radius 3 is 2.15 bits per heavy atom. The maximum absolute atomic E-state index is 12.7. The van der Waals surface area contributed by atoms with Crippen LogP contribution in [0.3, 0.4) is 0 Å². The van der Waals surface area contributed by atoms with E-state index in [1.54, 1.807) is 0 Å². The van der Waals surface area contributed by atoms with Crippen molar-refractivity contribution in [3.63, 3.8) is 0 Å². The van der Waals surface area contributed by atoms with E-state index >= 15 is 0 Å². The highest BCUT2D eigenvalue weighted by atomic mass is 35.5. The second-order valence-corrected chi connectivity index (χ2v) is 2.24. The minimum Gasteiger partial charge on any atom is -0.271 e. The third-order valence-corrected chi connectivity index (χ3v) is 1.38. The van der Waals surface area contributed by atoms with Gasteiger partial charge >= 0.3 is 0 Å². The van der Waals surface area contributed by atoms with Crippen LogP contribution in [0.4, 0.5) is 13.2 Å². The molecule has 0 unspecified atom stereocenters. The van der Waals surface area contributed by atoms with Crippen LogP contribution in [0.15, 0.2) is 12.1 Å². The first-order valence-electron chi connectivity index (χ1n) is 3.22. The Balaban J connectivity index is 0.00000144. The molecule has 0 heterocycles. The Labute approximate surface area is 79.3 Å². The SMILES string of the molecule is Cl.NNCc1cc(F)c(F)cc1F. The summed E-state index contributed by atoms with van der Waals surface area (Å²) in [5.74, 6) is 1.79. The molecule has 0 fully saturated rings. The third kappa shape index (κ3) is 2.87. The molecule has 0 aliphatic rings. The lowest BCUT2D eigenvalue weighted by Gasteiger charge is -2.02. The number of hydrogen-bond acceptors (Lipinski definition) is 2. The minimum atomic E-state index is -1.20. The van der Waals surface area contributed by atoms with Crippen molar-refractivity contribution in [3.05, 3.63) is 35.1 Å². The number of nitrogens with one attached hydrogen (secondary N) is 1. The number of benzene rings is 1. The molecule has 1 aromatic carbocycles. The number of hydrazine groups is 1. The molecular weight excluding hydrogens is 205 g/mol. The fourth-order valence-electron chi connectivity index (χ4n) is 0.809. The maximum Gasteiger partial charge on any atom is 0.161 e. The van der Waals surface area contributed by atoms with Crippen molar-refractivity contribution in [1.29, 1.82) is 0 Å². The van der Waals surface area contributed by atoms with Gasteiger partial charge in [0.15, 0.2) is 11.6 Å². The monoisotopic (exact) mass is 212 g/mol. The van der Waals surface area contributed by atoms with E-state index in [4.69, 9.17) is 5.84 Å². The second-order valence-electron chi connectivity index (χ2n) is 2.24. The Hall–Kier alpha value is -0.780. The van der Waals surface area contributed by atoms with Gasteiger partial charge in [-0.05, 0) is 6.07 Å². The first-order valence-corrected chi connectivity index (χ1v) is 3.22. The zero-order chi connectivity index (χ0) is 9.14. The summed E-state index contributed by atoms with van der Waals surface area (Å²) in [6.45, 7) is -0.0387. The van der Waals surface area contributed by atoms with Gasteiger partial charge in [-0.15, -0.1) is 12.4 Å². The summed E-state index contributed by atoms with van der Waals surface area (Å²) < 4.78 is 37.5. The van der Waals surface area contributed by atoms with Crippen LogP contribution < -0.4 is 11.3 Å². The highest BCUT2D eigenvalue weighted by Gasteiger charge is 2.08. The van der Waals surface area contributed by atoms with Gasteiger partial charge in [-0.25, -0.2) is 13.2 Å². The van der Waals surface area contributed by atoms with Gasteiger partial charge in [0, 0.05) is 18.2 Å². The Morgan fingerprint density at radius 2 is 1.62 bits per heavy atom. The molecule has 1 rings (SSSR count). The quantitative estimate of drug-likeness (QED) is 0.443. The van der Waals surface area contributed by atoms with Gasteiger partial charge < -0.3 is 0 Å². The van der Waals surface area contributed by atoms with Crippen LogP contribution in [-0.4, -0.2) is 0 Å². The molecule has 1 aromatic rings. The number of hydrogen-bond donors (Lipinski definition) is 2. The summed E-state index contributed by atoms with van der Waals surface area (Å²) in [4.78, 5) is 0. The lowest BCUT2D eigenvalue weighted by atomic mass is 10.2. The lowest BCUT2D eigenvalue weighted by molar-refractivity contribution is 0.487. The van der Waals surface area contributed by atoms with Crippen LogP contribution in [0.25, 0.3) is 0 Å². The molecule has 2 nitrogen and oxygen atoms in total. The van der Waals surface area contributed by atoms with Gasteiger partial charge in [-0.2, -0.15) is 0 Å². The predicted octanol–water partition coefficient (Wildman–Crippen LogP) is 1.49. The van der Waals surface area contributed by atoms with Crippen LogP contribution in [-0.2, 0) is 6.54 Å². The van der Waals surface area contributed by atoms with Crippen molar-refractivity contribution in [2.75, 3.05) is 0 Å². The van der Waals surface area contributed by atoms with Crippen LogP contribution in [0.2, 0.25) is 0 Å². The van der Waals surface area contributed by atoms with Gasteiger partial charge in [-0.3, -0.25) is 11.3 Å². The molecule has 0 amide bonds. The first-order chi connectivity index (χ1) is 5.65. The topological polar surface area (TPSA) is 38.0 Å². The Morgan fingerprint density at radius 1 is 1.08 bits per heavy atom. The van der Waals surface area contributed by atoms with E-state index in [2.05, 4.69) is 5.43 Å².